The van der Waals surface area contributed by atoms with E-state index in [1.165, 1.54) is 7.11 Å². The molecule has 1 saturated heterocycles. The van der Waals surface area contributed by atoms with Gasteiger partial charge in [0.25, 0.3) is 0 Å². The Morgan fingerprint density at radius 3 is 2.71 bits per heavy atom. The second kappa shape index (κ2) is 7.53. The molecule has 1 heterocycles. The second-order valence-corrected chi connectivity index (χ2v) is 6.64. The average molecular weight is 287 g/mol. The molecule has 0 spiro atoms. The average Bonchev–Trinajstić information content (AvgIpc) is 2.21. The first-order chi connectivity index (χ1) is 7.47. The molecule has 0 aromatic heterocycles. The van der Waals surface area contributed by atoms with E-state index < -0.39 is 15.3 Å². The van der Waals surface area contributed by atoms with Crippen LogP contribution in [0.4, 0.5) is 0 Å². The molecule has 3 atom stereocenters. The van der Waals surface area contributed by atoms with Crippen LogP contribution in [0.3, 0.4) is 0 Å². The van der Waals surface area contributed by atoms with Gasteiger partial charge in [-0.3, -0.25) is 0 Å². The lowest BCUT2D eigenvalue weighted by Gasteiger charge is -2.30. The summed E-state index contributed by atoms with van der Waals surface area (Å²) < 4.78 is 31.5. The SMILES string of the molecule is COCC(C)S(=O)(=O)NC1CNCCC1C.Cl. The number of rotatable bonds is 5. The van der Waals surface area contributed by atoms with Crippen LogP contribution in [0, 0.1) is 5.92 Å². The maximum Gasteiger partial charge on any atom is 0.216 e. The number of hydrogen-bond donors (Lipinski definition) is 2. The van der Waals surface area contributed by atoms with Gasteiger partial charge in [-0.2, -0.15) is 0 Å². The normalized spacial score (nSPS) is 27.2. The number of ether oxygens (including phenoxy) is 1. The van der Waals surface area contributed by atoms with Crippen molar-refractivity contribution >= 4 is 22.4 Å². The summed E-state index contributed by atoms with van der Waals surface area (Å²) in [4.78, 5) is 0. The van der Waals surface area contributed by atoms with Crippen molar-refractivity contribution in [3.05, 3.63) is 0 Å². The van der Waals surface area contributed by atoms with Crippen LogP contribution in [0.2, 0.25) is 0 Å². The molecule has 0 amide bonds. The van der Waals surface area contributed by atoms with Gasteiger partial charge < -0.3 is 10.1 Å². The third-order valence-electron chi connectivity index (χ3n) is 3.07. The molecule has 0 aromatic carbocycles. The molecule has 104 valence electrons. The fourth-order valence-corrected chi connectivity index (χ4v) is 3.08. The Hall–Kier alpha value is 0.120. The molecular weight excluding hydrogens is 264 g/mol. The summed E-state index contributed by atoms with van der Waals surface area (Å²) in [5.74, 6) is 0.380. The summed E-state index contributed by atoms with van der Waals surface area (Å²) in [6.07, 6.45) is 1.01. The number of nitrogens with one attached hydrogen (secondary N) is 2. The molecule has 1 aliphatic heterocycles. The summed E-state index contributed by atoms with van der Waals surface area (Å²) >= 11 is 0. The Bertz CT molecular complexity index is 311. The predicted octanol–water partition coefficient (Wildman–Crippen LogP) is 0.361. The van der Waals surface area contributed by atoms with Crippen LogP contribution in [-0.4, -0.2) is 46.5 Å². The Morgan fingerprint density at radius 1 is 1.53 bits per heavy atom. The van der Waals surface area contributed by atoms with Gasteiger partial charge in [0.2, 0.25) is 10.0 Å². The molecule has 0 aromatic rings. The van der Waals surface area contributed by atoms with E-state index >= 15 is 0 Å². The molecule has 0 aliphatic carbocycles. The first kappa shape index (κ1) is 17.1. The zero-order valence-corrected chi connectivity index (χ0v) is 12.2. The van der Waals surface area contributed by atoms with Crippen molar-refractivity contribution in [3.8, 4) is 0 Å². The lowest BCUT2D eigenvalue weighted by molar-refractivity contribution is 0.199. The predicted molar refractivity (Wildman–Crippen MR) is 71.1 cm³/mol. The van der Waals surface area contributed by atoms with Crippen LogP contribution in [-0.2, 0) is 14.8 Å². The molecule has 1 fully saturated rings. The fourth-order valence-electron chi connectivity index (χ4n) is 1.80. The zero-order valence-electron chi connectivity index (χ0n) is 10.6. The molecule has 1 aliphatic rings. The van der Waals surface area contributed by atoms with Crippen molar-refractivity contribution < 1.29 is 13.2 Å². The highest BCUT2D eigenvalue weighted by atomic mass is 35.5. The molecular formula is C10H23ClN2O3S. The Labute approximate surface area is 110 Å². The van der Waals surface area contributed by atoms with Crippen molar-refractivity contribution in [1.82, 2.24) is 10.0 Å². The fraction of sp³-hybridized carbons (Fsp3) is 1.00. The summed E-state index contributed by atoms with van der Waals surface area (Å²) in [5.41, 5.74) is 0. The largest absolute Gasteiger partial charge is 0.383 e. The number of halogens is 1. The molecule has 3 unspecified atom stereocenters. The molecule has 2 N–H and O–H groups in total. The van der Waals surface area contributed by atoms with Gasteiger partial charge in [-0.25, -0.2) is 13.1 Å². The summed E-state index contributed by atoms with van der Waals surface area (Å²) in [6.45, 7) is 5.64. The van der Waals surface area contributed by atoms with E-state index in [0.29, 0.717) is 12.5 Å². The molecule has 17 heavy (non-hydrogen) atoms. The van der Waals surface area contributed by atoms with E-state index in [9.17, 15) is 8.42 Å². The van der Waals surface area contributed by atoms with Crippen LogP contribution >= 0.6 is 12.4 Å². The highest BCUT2D eigenvalue weighted by molar-refractivity contribution is 7.90. The van der Waals surface area contributed by atoms with Gasteiger partial charge >= 0.3 is 0 Å². The lowest BCUT2D eigenvalue weighted by Crippen LogP contribution is -2.52. The van der Waals surface area contributed by atoms with Gasteiger partial charge in [-0.05, 0) is 25.8 Å². The topological polar surface area (TPSA) is 67.4 Å². The van der Waals surface area contributed by atoms with Crippen LogP contribution in [0.5, 0.6) is 0 Å². The Balaban J connectivity index is 0.00000256. The van der Waals surface area contributed by atoms with Crippen molar-refractivity contribution in [2.75, 3.05) is 26.8 Å². The van der Waals surface area contributed by atoms with Crippen molar-refractivity contribution in [3.63, 3.8) is 0 Å². The number of methoxy groups -OCH3 is 1. The van der Waals surface area contributed by atoms with Crippen molar-refractivity contribution in [1.29, 1.82) is 0 Å². The standard InChI is InChI=1S/C10H22N2O3S.ClH/c1-8-4-5-11-6-10(8)12-16(13,14)9(2)7-15-3;/h8-12H,4-7H2,1-3H3;1H. The monoisotopic (exact) mass is 286 g/mol. The minimum atomic E-state index is -3.27. The van der Waals surface area contributed by atoms with Gasteiger partial charge in [0, 0.05) is 19.7 Å². The Kier molecular flexibility index (Phi) is 7.58. The maximum atomic E-state index is 11.9. The zero-order chi connectivity index (χ0) is 12.2. The number of piperidine rings is 1. The van der Waals surface area contributed by atoms with Crippen molar-refractivity contribution in [2.45, 2.75) is 31.6 Å². The molecule has 0 saturated carbocycles. The van der Waals surface area contributed by atoms with Gasteiger partial charge in [-0.1, -0.05) is 6.92 Å². The van der Waals surface area contributed by atoms with E-state index in [4.69, 9.17) is 4.74 Å². The van der Waals surface area contributed by atoms with Crippen LogP contribution < -0.4 is 10.0 Å². The van der Waals surface area contributed by atoms with Gasteiger partial charge in [0.15, 0.2) is 0 Å². The van der Waals surface area contributed by atoms with E-state index in [1.807, 2.05) is 0 Å². The summed E-state index contributed by atoms with van der Waals surface area (Å²) in [6, 6.07) is -0.00180. The van der Waals surface area contributed by atoms with E-state index in [2.05, 4.69) is 17.0 Å². The lowest BCUT2D eigenvalue weighted by atomic mass is 9.96. The number of hydrogen-bond acceptors (Lipinski definition) is 4. The quantitative estimate of drug-likeness (QED) is 0.766. The first-order valence-electron chi connectivity index (χ1n) is 5.68. The van der Waals surface area contributed by atoms with Gasteiger partial charge in [0.05, 0.1) is 11.9 Å². The van der Waals surface area contributed by atoms with E-state index in [1.54, 1.807) is 6.92 Å². The van der Waals surface area contributed by atoms with Crippen LogP contribution in [0.1, 0.15) is 20.3 Å². The first-order valence-corrected chi connectivity index (χ1v) is 7.22. The van der Waals surface area contributed by atoms with E-state index in [-0.39, 0.29) is 25.1 Å². The van der Waals surface area contributed by atoms with Crippen LogP contribution in [0.15, 0.2) is 0 Å². The van der Waals surface area contributed by atoms with Gasteiger partial charge in [-0.15, -0.1) is 12.4 Å². The van der Waals surface area contributed by atoms with Crippen molar-refractivity contribution in [2.24, 2.45) is 5.92 Å². The molecule has 0 bridgehead atoms. The summed E-state index contributed by atoms with van der Waals surface area (Å²) in [7, 11) is -1.76. The molecule has 0 radical (unpaired) electrons. The second-order valence-electron chi connectivity index (χ2n) is 4.51. The molecule has 5 nitrogen and oxygen atoms in total. The highest BCUT2D eigenvalue weighted by Crippen LogP contribution is 2.13. The highest BCUT2D eigenvalue weighted by Gasteiger charge is 2.28. The third-order valence-corrected chi connectivity index (χ3v) is 4.90. The molecule has 1 rings (SSSR count). The van der Waals surface area contributed by atoms with Gasteiger partial charge in [0.1, 0.15) is 0 Å². The maximum absolute atomic E-state index is 11.9. The Morgan fingerprint density at radius 2 is 2.18 bits per heavy atom. The minimum Gasteiger partial charge on any atom is -0.383 e. The van der Waals surface area contributed by atoms with E-state index in [0.717, 1.165) is 13.0 Å². The number of sulfonamides is 1. The minimum absolute atomic E-state index is 0. The smallest absolute Gasteiger partial charge is 0.216 e. The third kappa shape index (κ3) is 5.09. The molecule has 7 heteroatoms. The van der Waals surface area contributed by atoms with Crippen LogP contribution in [0.25, 0.3) is 0 Å². The summed E-state index contributed by atoms with van der Waals surface area (Å²) in [5, 5.41) is 2.69.